The van der Waals surface area contributed by atoms with Gasteiger partial charge < -0.3 is 9.84 Å². The standard InChI is InChI=1S/C15H14O3/c1-3-14(17)18-10(2)12-8-4-6-11-7-5-9-13(16)15(11)12/h3-10,16H,1H2,2H3. The number of aromatic hydroxyl groups is 1. The third kappa shape index (κ3) is 2.20. The van der Waals surface area contributed by atoms with Gasteiger partial charge in [0.05, 0.1) is 0 Å². The molecule has 0 heterocycles. The predicted octanol–water partition coefficient (Wildman–Crippen LogP) is 3.34. The molecule has 0 saturated carbocycles. The van der Waals surface area contributed by atoms with Gasteiger partial charge >= 0.3 is 5.97 Å². The molecule has 0 aliphatic rings. The van der Waals surface area contributed by atoms with Crippen molar-refractivity contribution in [2.24, 2.45) is 0 Å². The molecule has 0 fully saturated rings. The molecule has 3 nitrogen and oxygen atoms in total. The fraction of sp³-hybridized carbons (Fsp3) is 0.133. The highest BCUT2D eigenvalue weighted by Crippen LogP contribution is 2.32. The van der Waals surface area contributed by atoms with Crippen molar-refractivity contribution in [2.45, 2.75) is 13.0 Å². The van der Waals surface area contributed by atoms with E-state index in [1.165, 1.54) is 0 Å². The van der Waals surface area contributed by atoms with Crippen LogP contribution in [0.3, 0.4) is 0 Å². The Hall–Kier alpha value is -2.29. The Kier molecular flexibility index (Phi) is 3.33. The van der Waals surface area contributed by atoms with Crippen molar-refractivity contribution >= 4 is 16.7 Å². The molecule has 0 radical (unpaired) electrons. The topological polar surface area (TPSA) is 46.5 Å². The molecule has 0 aromatic heterocycles. The molecule has 92 valence electrons. The minimum Gasteiger partial charge on any atom is -0.507 e. The van der Waals surface area contributed by atoms with E-state index in [0.29, 0.717) is 5.39 Å². The van der Waals surface area contributed by atoms with Crippen molar-refractivity contribution < 1.29 is 14.6 Å². The van der Waals surface area contributed by atoms with E-state index in [4.69, 9.17) is 4.74 Å². The number of benzene rings is 2. The van der Waals surface area contributed by atoms with Crippen molar-refractivity contribution in [3.8, 4) is 5.75 Å². The molecule has 2 aromatic rings. The molecule has 2 rings (SSSR count). The number of fused-ring (bicyclic) bond motifs is 1. The van der Waals surface area contributed by atoms with Crippen molar-refractivity contribution in [2.75, 3.05) is 0 Å². The van der Waals surface area contributed by atoms with Crippen LogP contribution in [0.2, 0.25) is 0 Å². The lowest BCUT2D eigenvalue weighted by Crippen LogP contribution is -2.06. The molecule has 3 heteroatoms. The van der Waals surface area contributed by atoms with E-state index in [1.54, 1.807) is 19.1 Å². The lowest BCUT2D eigenvalue weighted by Gasteiger charge is -2.15. The first-order valence-corrected chi connectivity index (χ1v) is 5.67. The van der Waals surface area contributed by atoms with E-state index in [9.17, 15) is 9.90 Å². The Morgan fingerprint density at radius 1 is 1.33 bits per heavy atom. The summed E-state index contributed by atoms with van der Waals surface area (Å²) in [6.45, 7) is 5.13. The molecule has 0 saturated heterocycles. The van der Waals surface area contributed by atoms with Crippen LogP contribution in [-0.4, -0.2) is 11.1 Å². The average molecular weight is 242 g/mol. The number of carbonyl (C=O) groups excluding carboxylic acids is 1. The van der Waals surface area contributed by atoms with Crippen LogP contribution in [0.1, 0.15) is 18.6 Å². The number of carbonyl (C=O) groups is 1. The summed E-state index contributed by atoms with van der Waals surface area (Å²) in [6.07, 6.45) is 0.689. The molecule has 1 unspecified atom stereocenters. The fourth-order valence-electron chi connectivity index (χ4n) is 1.97. The summed E-state index contributed by atoms with van der Waals surface area (Å²) in [5.41, 5.74) is 0.779. The quantitative estimate of drug-likeness (QED) is 0.663. The van der Waals surface area contributed by atoms with Gasteiger partial charge in [0.1, 0.15) is 11.9 Å². The third-order valence-electron chi connectivity index (χ3n) is 2.81. The third-order valence-corrected chi connectivity index (χ3v) is 2.81. The van der Waals surface area contributed by atoms with Crippen LogP contribution >= 0.6 is 0 Å². The molecule has 2 aromatic carbocycles. The second kappa shape index (κ2) is 4.92. The number of esters is 1. The maximum atomic E-state index is 11.2. The summed E-state index contributed by atoms with van der Waals surface area (Å²) in [6, 6.07) is 10.9. The molecular weight excluding hydrogens is 228 g/mol. The minimum absolute atomic E-state index is 0.185. The summed E-state index contributed by atoms with van der Waals surface area (Å²) in [5, 5.41) is 11.6. The maximum absolute atomic E-state index is 11.2. The molecule has 1 N–H and O–H groups in total. The second-order valence-electron chi connectivity index (χ2n) is 4.01. The zero-order valence-electron chi connectivity index (χ0n) is 10.1. The SMILES string of the molecule is C=CC(=O)OC(C)c1cccc2cccc(O)c12. The zero-order valence-corrected chi connectivity index (χ0v) is 10.1. The van der Waals surface area contributed by atoms with E-state index < -0.39 is 12.1 Å². The summed E-state index contributed by atoms with van der Waals surface area (Å²) >= 11 is 0. The Balaban J connectivity index is 2.50. The summed E-state index contributed by atoms with van der Waals surface area (Å²) in [5.74, 6) is -0.292. The monoisotopic (exact) mass is 242 g/mol. The lowest BCUT2D eigenvalue weighted by molar-refractivity contribution is -0.142. The zero-order chi connectivity index (χ0) is 13.1. The number of ether oxygens (including phenoxy) is 1. The van der Waals surface area contributed by atoms with Crippen molar-refractivity contribution in [3.63, 3.8) is 0 Å². The van der Waals surface area contributed by atoms with Crippen molar-refractivity contribution in [1.29, 1.82) is 0 Å². The van der Waals surface area contributed by atoms with Crippen molar-refractivity contribution in [1.82, 2.24) is 0 Å². The summed E-state index contributed by atoms with van der Waals surface area (Å²) in [7, 11) is 0. The van der Waals surface area contributed by atoms with E-state index in [1.807, 2.05) is 24.3 Å². The number of phenols is 1. The summed E-state index contributed by atoms with van der Waals surface area (Å²) in [4.78, 5) is 11.2. The smallest absolute Gasteiger partial charge is 0.330 e. The maximum Gasteiger partial charge on any atom is 0.330 e. The molecule has 18 heavy (non-hydrogen) atoms. The molecule has 1 atom stereocenters. The average Bonchev–Trinajstić information content (AvgIpc) is 2.38. The number of rotatable bonds is 3. The highest BCUT2D eigenvalue weighted by molar-refractivity contribution is 5.91. The van der Waals surface area contributed by atoms with E-state index in [2.05, 4.69) is 6.58 Å². The van der Waals surface area contributed by atoms with E-state index >= 15 is 0 Å². The van der Waals surface area contributed by atoms with Crippen LogP contribution in [0.4, 0.5) is 0 Å². The highest BCUT2D eigenvalue weighted by atomic mass is 16.5. The van der Waals surface area contributed by atoms with Crippen LogP contribution in [0.5, 0.6) is 5.75 Å². The summed E-state index contributed by atoms with van der Waals surface area (Å²) < 4.78 is 5.18. The molecule has 0 aliphatic heterocycles. The van der Waals surface area contributed by atoms with Crippen molar-refractivity contribution in [3.05, 3.63) is 54.6 Å². The first kappa shape index (κ1) is 12.2. The van der Waals surface area contributed by atoms with Crippen LogP contribution in [-0.2, 0) is 9.53 Å². The van der Waals surface area contributed by atoms with Crippen LogP contribution < -0.4 is 0 Å². The number of phenolic OH excluding ortho intramolecular Hbond substituents is 1. The Labute approximate surface area is 105 Å². The Morgan fingerprint density at radius 2 is 2.00 bits per heavy atom. The van der Waals surface area contributed by atoms with Crippen LogP contribution in [0, 0.1) is 0 Å². The Bertz CT molecular complexity index is 596. The predicted molar refractivity (Wildman–Crippen MR) is 70.3 cm³/mol. The Morgan fingerprint density at radius 3 is 2.67 bits per heavy atom. The fourth-order valence-corrected chi connectivity index (χ4v) is 1.97. The molecule has 0 bridgehead atoms. The number of hydrogen-bond donors (Lipinski definition) is 1. The van der Waals surface area contributed by atoms with Gasteiger partial charge in [0.2, 0.25) is 0 Å². The number of hydrogen-bond acceptors (Lipinski definition) is 3. The van der Waals surface area contributed by atoms with E-state index in [0.717, 1.165) is 17.0 Å². The van der Waals surface area contributed by atoms with Crippen LogP contribution in [0.25, 0.3) is 10.8 Å². The largest absolute Gasteiger partial charge is 0.507 e. The highest BCUT2D eigenvalue weighted by Gasteiger charge is 2.14. The van der Waals surface area contributed by atoms with Crippen LogP contribution in [0.15, 0.2) is 49.1 Å². The van der Waals surface area contributed by atoms with Gasteiger partial charge in [-0.2, -0.15) is 0 Å². The van der Waals surface area contributed by atoms with Gasteiger partial charge in [0, 0.05) is 17.0 Å². The normalized spacial score (nSPS) is 12.1. The molecule has 0 amide bonds. The minimum atomic E-state index is -0.477. The molecule has 0 aliphatic carbocycles. The first-order chi connectivity index (χ1) is 8.63. The second-order valence-corrected chi connectivity index (χ2v) is 4.01. The van der Waals surface area contributed by atoms with Gasteiger partial charge in [-0.05, 0) is 18.4 Å². The van der Waals surface area contributed by atoms with Gasteiger partial charge in [-0.15, -0.1) is 0 Å². The van der Waals surface area contributed by atoms with Gasteiger partial charge in [0.15, 0.2) is 0 Å². The van der Waals surface area contributed by atoms with Gasteiger partial charge in [-0.25, -0.2) is 4.79 Å². The van der Waals surface area contributed by atoms with Gasteiger partial charge in [-0.1, -0.05) is 36.9 Å². The molecule has 0 spiro atoms. The lowest BCUT2D eigenvalue weighted by atomic mass is 10.0. The van der Waals surface area contributed by atoms with Gasteiger partial charge in [-0.3, -0.25) is 0 Å². The first-order valence-electron chi connectivity index (χ1n) is 5.67. The van der Waals surface area contributed by atoms with Gasteiger partial charge in [0.25, 0.3) is 0 Å². The molecular formula is C15H14O3. The van der Waals surface area contributed by atoms with E-state index in [-0.39, 0.29) is 5.75 Å².